The Bertz CT molecular complexity index is 1310. The molecule has 40 heavy (non-hydrogen) atoms. The van der Waals surface area contributed by atoms with Gasteiger partial charge in [-0.3, -0.25) is 10.0 Å². The first-order valence-corrected chi connectivity index (χ1v) is 14.0. The molecule has 3 amide bonds. The number of urea groups is 1. The SMILES string of the molecule is N[C@@H](CC1CCN(C(=O)N2CCOCC2)CC1)C(=O)N(O)S(=O)(=O)c1cc(F)c(Oc2ccc(F)cc2)c(F)c1. The first-order chi connectivity index (χ1) is 19.0. The van der Waals surface area contributed by atoms with E-state index in [1.807, 2.05) is 0 Å². The van der Waals surface area contributed by atoms with Gasteiger partial charge in [-0.05, 0) is 61.6 Å². The number of sulfonamides is 1. The predicted octanol–water partition coefficient (Wildman–Crippen LogP) is 2.68. The van der Waals surface area contributed by atoms with Crippen molar-refractivity contribution in [2.75, 3.05) is 39.4 Å². The number of carbonyl (C=O) groups excluding carboxylic acids is 2. The van der Waals surface area contributed by atoms with Gasteiger partial charge in [0.1, 0.15) is 11.6 Å². The maximum atomic E-state index is 14.6. The van der Waals surface area contributed by atoms with Crippen LogP contribution in [-0.4, -0.2) is 85.3 Å². The van der Waals surface area contributed by atoms with Gasteiger partial charge in [-0.15, -0.1) is 4.47 Å². The van der Waals surface area contributed by atoms with Crippen LogP contribution in [0.1, 0.15) is 19.3 Å². The van der Waals surface area contributed by atoms with Crippen molar-refractivity contribution < 1.29 is 45.9 Å². The van der Waals surface area contributed by atoms with Gasteiger partial charge >= 0.3 is 6.03 Å². The highest BCUT2D eigenvalue weighted by Gasteiger charge is 2.35. The summed E-state index contributed by atoms with van der Waals surface area (Å²) in [5, 5.41) is 10.2. The number of carbonyl (C=O) groups is 2. The van der Waals surface area contributed by atoms with E-state index in [9.17, 15) is 36.4 Å². The molecule has 0 aliphatic carbocycles. The quantitative estimate of drug-likeness (QED) is 0.373. The minimum absolute atomic E-state index is 0.0260. The maximum absolute atomic E-state index is 14.6. The lowest BCUT2D eigenvalue weighted by Crippen LogP contribution is -2.51. The number of likely N-dealkylation sites (tertiary alicyclic amines) is 1. The van der Waals surface area contributed by atoms with Crippen LogP contribution in [-0.2, 0) is 19.6 Å². The lowest BCUT2D eigenvalue weighted by Gasteiger charge is -2.37. The number of piperidine rings is 1. The van der Waals surface area contributed by atoms with Gasteiger partial charge in [0.05, 0.1) is 24.2 Å². The molecule has 0 radical (unpaired) electrons. The van der Waals surface area contributed by atoms with Crippen LogP contribution in [0, 0.1) is 23.4 Å². The van der Waals surface area contributed by atoms with E-state index < -0.39 is 54.5 Å². The van der Waals surface area contributed by atoms with Gasteiger partial charge in [-0.25, -0.2) is 18.0 Å². The van der Waals surface area contributed by atoms with Gasteiger partial charge in [0.2, 0.25) is 0 Å². The van der Waals surface area contributed by atoms with Gasteiger partial charge in [-0.2, -0.15) is 8.42 Å². The third kappa shape index (κ3) is 6.66. The average Bonchev–Trinajstić information content (AvgIpc) is 2.95. The molecule has 11 nitrogen and oxygen atoms in total. The van der Waals surface area contributed by atoms with E-state index in [1.165, 1.54) is 0 Å². The molecular weight excluding hydrogens is 557 g/mol. The maximum Gasteiger partial charge on any atom is 0.320 e. The Kier molecular flexibility index (Phi) is 9.18. The number of nitrogens with two attached hydrogens (primary N) is 1. The third-order valence-corrected chi connectivity index (χ3v) is 8.26. The summed E-state index contributed by atoms with van der Waals surface area (Å²) in [5.41, 5.74) is 5.90. The minimum atomic E-state index is -5.09. The van der Waals surface area contributed by atoms with Crippen LogP contribution in [0.2, 0.25) is 0 Å². The molecule has 2 aliphatic rings. The summed E-state index contributed by atoms with van der Waals surface area (Å²) in [7, 11) is -5.09. The van der Waals surface area contributed by atoms with Crippen molar-refractivity contribution in [3.63, 3.8) is 0 Å². The largest absolute Gasteiger partial charge is 0.451 e. The average molecular weight is 587 g/mol. The highest BCUT2D eigenvalue weighted by atomic mass is 32.2. The number of rotatable bonds is 7. The number of hydrogen-bond donors (Lipinski definition) is 2. The third-order valence-electron chi connectivity index (χ3n) is 6.79. The number of hydrogen-bond acceptors (Lipinski definition) is 8. The van der Waals surface area contributed by atoms with Crippen molar-refractivity contribution in [1.29, 1.82) is 0 Å². The van der Waals surface area contributed by atoms with E-state index in [0.717, 1.165) is 24.3 Å². The van der Waals surface area contributed by atoms with Crippen LogP contribution in [0.5, 0.6) is 11.5 Å². The Morgan fingerprint density at radius 2 is 1.57 bits per heavy atom. The van der Waals surface area contributed by atoms with Crippen LogP contribution in [0.3, 0.4) is 0 Å². The molecule has 2 aromatic carbocycles. The van der Waals surface area contributed by atoms with E-state index in [4.69, 9.17) is 15.2 Å². The Labute approximate surface area is 228 Å². The first kappa shape index (κ1) is 29.6. The summed E-state index contributed by atoms with van der Waals surface area (Å²) in [5.74, 6) is -6.06. The van der Waals surface area contributed by atoms with Gasteiger partial charge in [0.25, 0.3) is 15.9 Å². The van der Waals surface area contributed by atoms with Crippen LogP contribution in [0.15, 0.2) is 41.3 Å². The number of hydroxylamine groups is 1. The monoisotopic (exact) mass is 586 g/mol. The fourth-order valence-electron chi connectivity index (χ4n) is 4.54. The molecule has 2 aromatic rings. The summed E-state index contributed by atoms with van der Waals surface area (Å²) in [6.45, 7) is 2.83. The number of halogens is 3. The molecule has 0 saturated carbocycles. The molecule has 2 fully saturated rings. The molecule has 1 atom stereocenters. The van der Waals surface area contributed by atoms with Crippen LogP contribution >= 0.6 is 0 Å². The smallest absolute Gasteiger partial charge is 0.320 e. The molecule has 3 N–H and O–H groups in total. The van der Waals surface area contributed by atoms with Crippen molar-refractivity contribution in [3.05, 3.63) is 53.8 Å². The van der Waals surface area contributed by atoms with Crippen LogP contribution in [0.4, 0.5) is 18.0 Å². The summed E-state index contributed by atoms with van der Waals surface area (Å²) in [6.07, 6.45) is 1.06. The second kappa shape index (κ2) is 12.4. The second-order valence-electron chi connectivity index (χ2n) is 9.51. The molecule has 4 rings (SSSR count). The molecule has 0 bridgehead atoms. The summed E-state index contributed by atoms with van der Waals surface area (Å²) in [6, 6.07) is 3.44. The highest BCUT2D eigenvalue weighted by molar-refractivity contribution is 7.89. The van der Waals surface area contributed by atoms with Crippen molar-refractivity contribution in [1.82, 2.24) is 14.3 Å². The fourth-order valence-corrected chi connectivity index (χ4v) is 5.62. The van der Waals surface area contributed by atoms with Crippen molar-refractivity contribution in [2.45, 2.75) is 30.2 Å². The van der Waals surface area contributed by atoms with E-state index in [2.05, 4.69) is 0 Å². The number of amides is 3. The lowest BCUT2D eigenvalue weighted by molar-refractivity contribution is -0.148. The molecule has 0 aromatic heterocycles. The zero-order valence-electron chi connectivity index (χ0n) is 21.3. The normalized spacial score (nSPS) is 17.4. The van der Waals surface area contributed by atoms with Gasteiger partial charge < -0.3 is 25.0 Å². The molecular formula is C25H29F3N4O7S. The van der Waals surface area contributed by atoms with E-state index >= 15 is 0 Å². The zero-order valence-corrected chi connectivity index (χ0v) is 22.2. The molecule has 0 spiro atoms. The number of nitrogens with zero attached hydrogens (tertiary/aromatic N) is 3. The number of benzene rings is 2. The lowest BCUT2D eigenvalue weighted by atomic mass is 9.90. The Hall–Kier alpha value is -3.40. The van der Waals surface area contributed by atoms with Gasteiger partial charge in [0, 0.05) is 26.2 Å². The predicted molar refractivity (Wildman–Crippen MR) is 133 cm³/mol. The Morgan fingerprint density at radius 3 is 2.15 bits per heavy atom. The first-order valence-electron chi connectivity index (χ1n) is 12.5. The minimum Gasteiger partial charge on any atom is -0.451 e. The highest BCUT2D eigenvalue weighted by Crippen LogP contribution is 2.31. The zero-order chi connectivity index (χ0) is 29.0. The topological polar surface area (TPSA) is 143 Å². The Balaban J connectivity index is 1.36. The van der Waals surface area contributed by atoms with Crippen molar-refractivity contribution in [3.8, 4) is 11.5 Å². The fraction of sp³-hybridized carbons (Fsp3) is 0.440. The number of ether oxygens (including phenoxy) is 2. The van der Waals surface area contributed by atoms with Crippen LogP contribution < -0.4 is 10.5 Å². The summed E-state index contributed by atoms with van der Waals surface area (Å²) in [4.78, 5) is 27.7. The van der Waals surface area contributed by atoms with E-state index in [1.54, 1.807) is 9.80 Å². The summed E-state index contributed by atoms with van der Waals surface area (Å²) < 4.78 is 77.5. The molecule has 2 aliphatic heterocycles. The standard InChI is InChI=1S/C25H29F3N4O7S/c26-17-1-3-18(4-2-17)39-23-20(27)14-19(15-21(23)28)40(36,37)32(35)24(33)22(29)13-16-5-7-30(8-6-16)25(34)31-9-11-38-12-10-31/h1-4,14-16,22,35H,5-13,29H2/t22-/m0/s1. The molecule has 2 saturated heterocycles. The molecule has 0 unspecified atom stereocenters. The van der Waals surface area contributed by atoms with Gasteiger partial charge in [0.15, 0.2) is 17.4 Å². The molecule has 2 heterocycles. The molecule has 15 heteroatoms. The van der Waals surface area contributed by atoms with E-state index in [0.29, 0.717) is 64.4 Å². The van der Waals surface area contributed by atoms with Crippen molar-refractivity contribution in [2.24, 2.45) is 11.7 Å². The van der Waals surface area contributed by atoms with E-state index in [-0.39, 0.29) is 24.1 Å². The van der Waals surface area contributed by atoms with Gasteiger partial charge in [-0.1, -0.05) is 0 Å². The van der Waals surface area contributed by atoms with Crippen molar-refractivity contribution >= 4 is 22.0 Å². The van der Waals surface area contributed by atoms with Crippen LogP contribution in [0.25, 0.3) is 0 Å². The number of morpholine rings is 1. The Morgan fingerprint density at radius 1 is 1.02 bits per heavy atom. The second-order valence-corrected chi connectivity index (χ2v) is 11.3. The summed E-state index contributed by atoms with van der Waals surface area (Å²) >= 11 is 0. The molecule has 218 valence electrons.